The van der Waals surface area contributed by atoms with Gasteiger partial charge in [0.1, 0.15) is 0 Å². The number of hydrogen-bond donors (Lipinski definition) is 1. The lowest BCUT2D eigenvalue weighted by Crippen LogP contribution is -1.99. The average Bonchev–Trinajstić information content (AvgIpc) is 2.75. The molecule has 0 saturated heterocycles. The Hall–Kier alpha value is -1.35. The van der Waals surface area contributed by atoms with Crippen molar-refractivity contribution in [2.24, 2.45) is 0 Å². The average molecular weight is 246 g/mol. The molecule has 2 aromatic rings. The SMILES string of the molecule is CCCc1ccc(NCc2csc(C)n2)cc1. The predicted octanol–water partition coefficient (Wildman–Crippen LogP) is 4.02. The van der Waals surface area contributed by atoms with Crippen molar-refractivity contribution < 1.29 is 0 Å². The highest BCUT2D eigenvalue weighted by Gasteiger charge is 1.98. The van der Waals surface area contributed by atoms with Gasteiger partial charge in [0.05, 0.1) is 17.2 Å². The largest absolute Gasteiger partial charge is 0.379 e. The smallest absolute Gasteiger partial charge is 0.0898 e. The molecule has 0 radical (unpaired) electrons. The maximum absolute atomic E-state index is 4.43. The van der Waals surface area contributed by atoms with Crippen molar-refractivity contribution in [3.8, 4) is 0 Å². The number of aryl methyl sites for hydroxylation is 2. The minimum absolute atomic E-state index is 0.803. The van der Waals surface area contributed by atoms with Gasteiger partial charge in [-0.1, -0.05) is 25.5 Å². The Bertz CT molecular complexity index is 459. The molecular formula is C14H18N2S. The summed E-state index contributed by atoms with van der Waals surface area (Å²) in [6.07, 6.45) is 2.36. The lowest BCUT2D eigenvalue weighted by molar-refractivity contribution is 0.921. The van der Waals surface area contributed by atoms with Crippen LogP contribution >= 0.6 is 11.3 Å². The molecule has 0 fully saturated rings. The van der Waals surface area contributed by atoms with Gasteiger partial charge in [0.25, 0.3) is 0 Å². The van der Waals surface area contributed by atoms with Gasteiger partial charge in [-0.15, -0.1) is 11.3 Å². The van der Waals surface area contributed by atoms with E-state index in [4.69, 9.17) is 0 Å². The Kier molecular flexibility index (Phi) is 4.15. The Balaban J connectivity index is 1.90. The zero-order chi connectivity index (χ0) is 12.1. The molecule has 1 aromatic carbocycles. The van der Waals surface area contributed by atoms with Crippen LogP contribution in [0.3, 0.4) is 0 Å². The normalized spacial score (nSPS) is 10.5. The summed E-state index contributed by atoms with van der Waals surface area (Å²) < 4.78 is 0. The third kappa shape index (κ3) is 3.56. The molecule has 1 N–H and O–H groups in total. The number of hydrogen-bond acceptors (Lipinski definition) is 3. The first-order chi connectivity index (χ1) is 8.28. The minimum atomic E-state index is 0.803. The van der Waals surface area contributed by atoms with Crippen molar-refractivity contribution in [2.75, 3.05) is 5.32 Å². The van der Waals surface area contributed by atoms with Gasteiger partial charge in [0.15, 0.2) is 0 Å². The Morgan fingerprint density at radius 3 is 2.59 bits per heavy atom. The second-order valence-electron chi connectivity index (χ2n) is 4.16. The molecule has 0 atom stereocenters. The van der Waals surface area contributed by atoms with Crippen LogP contribution in [-0.4, -0.2) is 4.98 Å². The second-order valence-corrected chi connectivity index (χ2v) is 5.22. The first kappa shape index (κ1) is 12.1. The van der Waals surface area contributed by atoms with E-state index in [-0.39, 0.29) is 0 Å². The van der Waals surface area contributed by atoms with Crippen molar-refractivity contribution in [3.05, 3.63) is 45.9 Å². The number of nitrogens with one attached hydrogen (secondary N) is 1. The Morgan fingerprint density at radius 2 is 2.00 bits per heavy atom. The molecule has 0 saturated carbocycles. The molecule has 0 unspecified atom stereocenters. The van der Waals surface area contributed by atoms with Crippen molar-refractivity contribution in [1.82, 2.24) is 4.98 Å². The molecule has 0 aliphatic heterocycles. The molecule has 17 heavy (non-hydrogen) atoms. The first-order valence-electron chi connectivity index (χ1n) is 6.01. The van der Waals surface area contributed by atoms with Crippen molar-refractivity contribution in [2.45, 2.75) is 33.2 Å². The molecule has 0 aliphatic rings. The van der Waals surface area contributed by atoms with E-state index < -0.39 is 0 Å². The van der Waals surface area contributed by atoms with Crippen LogP contribution in [0.4, 0.5) is 5.69 Å². The van der Waals surface area contributed by atoms with Crippen LogP contribution in [-0.2, 0) is 13.0 Å². The van der Waals surface area contributed by atoms with E-state index in [2.05, 4.69) is 46.9 Å². The number of anilines is 1. The van der Waals surface area contributed by atoms with Gasteiger partial charge < -0.3 is 5.32 Å². The van der Waals surface area contributed by atoms with Crippen LogP contribution in [0.15, 0.2) is 29.6 Å². The predicted molar refractivity (Wildman–Crippen MR) is 74.6 cm³/mol. The maximum Gasteiger partial charge on any atom is 0.0898 e. The highest BCUT2D eigenvalue weighted by molar-refractivity contribution is 7.09. The van der Waals surface area contributed by atoms with Crippen LogP contribution in [0, 0.1) is 6.92 Å². The summed E-state index contributed by atoms with van der Waals surface area (Å²) in [5.74, 6) is 0. The molecule has 3 heteroatoms. The summed E-state index contributed by atoms with van der Waals surface area (Å²) in [6, 6.07) is 8.67. The van der Waals surface area contributed by atoms with E-state index >= 15 is 0 Å². The summed E-state index contributed by atoms with van der Waals surface area (Å²) in [5, 5.41) is 6.62. The monoisotopic (exact) mass is 246 g/mol. The number of thiazole rings is 1. The second kappa shape index (κ2) is 5.82. The van der Waals surface area contributed by atoms with E-state index in [9.17, 15) is 0 Å². The highest BCUT2D eigenvalue weighted by Crippen LogP contribution is 2.13. The van der Waals surface area contributed by atoms with Gasteiger partial charge in [0.2, 0.25) is 0 Å². The standard InChI is InChI=1S/C14H18N2S/c1-3-4-12-5-7-13(8-6-12)15-9-14-10-17-11(2)16-14/h5-8,10,15H,3-4,9H2,1-2H3. The molecule has 0 amide bonds. The molecule has 2 nitrogen and oxygen atoms in total. The summed E-state index contributed by atoms with van der Waals surface area (Å²) in [5.41, 5.74) is 3.68. The summed E-state index contributed by atoms with van der Waals surface area (Å²) in [7, 11) is 0. The van der Waals surface area contributed by atoms with Crippen LogP contribution in [0.25, 0.3) is 0 Å². The Morgan fingerprint density at radius 1 is 1.24 bits per heavy atom. The fourth-order valence-electron chi connectivity index (χ4n) is 1.76. The minimum Gasteiger partial charge on any atom is -0.379 e. The summed E-state index contributed by atoms with van der Waals surface area (Å²) >= 11 is 1.70. The zero-order valence-electron chi connectivity index (χ0n) is 10.4. The van der Waals surface area contributed by atoms with Crippen molar-refractivity contribution in [3.63, 3.8) is 0 Å². The number of rotatable bonds is 5. The van der Waals surface area contributed by atoms with Crippen molar-refractivity contribution >= 4 is 17.0 Å². The topological polar surface area (TPSA) is 24.9 Å². The van der Waals surface area contributed by atoms with Gasteiger partial charge in [-0.2, -0.15) is 0 Å². The van der Waals surface area contributed by atoms with Gasteiger partial charge >= 0.3 is 0 Å². The van der Waals surface area contributed by atoms with Gasteiger partial charge in [-0.25, -0.2) is 4.98 Å². The van der Waals surface area contributed by atoms with Crippen LogP contribution < -0.4 is 5.32 Å². The van der Waals surface area contributed by atoms with Crippen LogP contribution in [0.2, 0.25) is 0 Å². The molecule has 1 aromatic heterocycles. The lowest BCUT2D eigenvalue weighted by atomic mass is 10.1. The quantitative estimate of drug-likeness (QED) is 0.862. The van der Waals surface area contributed by atoms with Gasteiger partial charge in [-0.3, -0.25) is 0 Å². The third-order valence-electron chi connectivity index (χ3n) is 2.63. The molecule has 1 heterocycles. The first-order valence-corrected chi connectivity index (χ1v) is 6.89. The van der Waals surface area contributed by atoms with E-state index in [1.54, 1.807) is 11.3 Å². The lowest BCUT2D eigenvalue weighted by Gasteiger charge is -2.05. The molecule has 0 bridgehead atoms. The molecule has 0 spiro atoms. The van der Waals surface area contributed by atoms with E-state index in [1.807, 2.05) is 6.92 Å². The van der Waals surface area contributed by atoms with Crippen LogP contribution in [0.5, 0.6) is 0 Å². The van der Waals surface area contributed by atoms with Gasteiger partial charge in [-0.05, 0) is 31.0 Å². The number of nitrogens with zero attached hydrogens (tertiary/aromatic N) is 1. The van der Waals surface area contributed by atoms with E-state index in [0.29, 0.717) is 0 Å². The zero-order valence-corrected chi connectivity index (χ0v) is 11.2. The molecule has 90 valence electrons. The number of benzene rings is 1. The third-order valence-corrected chi connectivity index (χ3v) is 3.46. The molecule has 2 rings (SSSR count). The fraction of sp³-hybridized carbons (Fsp3) is 0.357. The molecule has 0 aliphatic carbocycles. The van der Waals surface area contributed by atoms with Crippen molar-refractivity contribution in [1.29, 1.82) is 0 Å². The fourth-order valence-corrected chi connectivity index (χ4v) is 2.37. The van der Waals surface area contributed by atoms with Gasteiger partial charge in [0, 0.05) is 11.1 Å². The van der Waals surface area contributed by atoms with Crippen LogP contribution in [0.1, 0.15) is 29.6 Å². The number of aromatic nitrogens is 1. The van der Waals surface area contributed by atoms with E-state index in [1.165, 1.54) is 12.0 Å². The molecular weight excluding hydrogens is 228 g/mol. The highest BCUT2D eigenvalue weighted by atomic mass is 32.1. The Labute approximate surface area is 107 Å². The van der Waals surface area contributed by atoms with E-state index in [0.717, 1.165) is 29.4 Å². The maximum atomic E-state index is 4.43. The summed E-state index contributed by atoms with van der Waals surface area (Å²) in [6.45, 7) is 5.04. The summed E-state index contributed by atoms with van der Waals surface area (Å²) in [4.78, 5) is 4.43.